The second-order valence-electron chi connectivity index (χ2n) is 9.77. The zero-order valence-electron chi connectivity index (χ0n) is 18.7. The lowest BCUT2D eigenvalue weighted by Crippen LogP contribution is -2.47. The van der Waals surface area contributed by atoms with Gasteiger partial charge in [-0.25, -0.2) is 4.90 Å². The number of benzene rings is 2. The second kappa shape index (κ2) is 7.63. The Kier molecular flexibility index (Phi) is 5.24. The summed E-state index contributed by atoms with van der Waals surface area (Å²) in [6.07, 6.45) is 0.672. The Bertz CT molecular complexity index is 984. The average molecular weight is 419 g/mol. The largest absolute Gasteiger partial charge is 0.329 e. The zero-order valence-corrected chi connectivity index (χ0v) is 18.7. The van der Waals surface area contributed by atoms with Crippen LogP contribution in [0.15, 0.2) is 60.7 Å². The summed E-state index contributed by atoms with van der Waals surface area (Å²) in [4.78, 5) is 42.7. The Hall–Kier alpha value is -2.95. The molecule has 0 radical (unpaired) electrons. The molecular weight excluding hydrogens is 388 g/mol. The molecule has 0 bridgehead atoms. The fourth-order valence-electron chi connectivity index (χ4n) is 5.00. The predicted molar refractivity (Wildman–Crippen MR) is 120 cm³/mol. The van der Waals surface area contributed by atoms with Crippen LogP contribution >= 0.6 is 0 Å². The SMILES string of the molecule is CC1(C)C(C(=O)N(CCc2ccccc2)C2CC(=O)N(c3ccccc3)C2=O)C1(C)C. The molecule has 162 valence electrons. The van der Waals surface area contributed by atoms with Gasteiger partial charge >= 0.3 is 0 Å². The Morgan fingerprint density at radius 1 is 0.935 bits per heavy atom. The molecule has 4 rings (SSSR count). The summed E-state index contributed by atoms with van der Waals surface area (Å²) in [5, 5.41) is 0. The van der Waals surface area contributed by atoms with Crippen LogP contribution in [0, 0.1) is 16.7 Å². The van der Waals surface area contributed by atoms with Crippen molar-refractivity contribution < 1.29 is 14.4 Å². The average Bonchev–Trinajstić information content (AvgIpc) is 2.97. The van der Waals surface area contributed by atoms with Gasteiger partial charge in [0.05, 0.1) is 12.1 Å². The van der Waals surface area contributed by atoms with Crippen LogP contribution in [0.4, 0.5) is 5.69 Å². The Labute approximate surface area is 184 Å². The van der Waals surface area contributed by atoms with Crippen LogP contribution in [-0.4, -0.2) is 35.2 Å². The lowest BCUT2D eigenvalue weighted by molar-refractivity contribution is -0.140. The van der Waals surface area contributed by atoms with Gasteiger partial charge in [-0.2, -0.15) is 0 Å². The summed E-state index contributed by atoms with van der Waals surface area (Å²) in [6.45, 7) is 8.81. The number of hydrogen-bond donors (Lipinski definition) is 0. The Balaban J connectivity index is 1.62. The van der Waals surface area contributed by atoms with E-state index in [0.717, 1.165) is 5.56 Å². The normalized spacial score (nSPS) is 21.9. The molecule has 1 saturated heterocycles. The van der Waals surface area contributed by atoms with Gasteiger partial charge in [0.15, 0.2) is 0 Å². The van der Waals surface area contributed by atoms with Crippen molar-refractivity contribution in [3.63, 3.8) is 0 Å². The molecule has 3 amide bonds. The topological polar surface area (TPSA) is 57.7 Å². The molecule has 1 aliphatic heterocycles. The van der Waals surface area contributed by atoms with E-state index in [1.165, 1.54) is 4.90 Å². The summed E-state index contributed by atoms with van der Waals surface area (Å²) in [6, 6.07) is 18.1. The van der Waals surface area contributed by atoms with Crippen LogP contribution in [0.2, 0.25) is 0 Å². The van der Waals surface area contributed by atoms with Crippen molar-refractivity contribution in [3.8, 4) is 0 Å². The Morgan fingerprint density at radius 3 is 2.03 bits per heavy atom. The van der Waals surface area contributed by atoms with Crippen LogP contribution < -0.4 is 4.90 Å². The predicted octanol–water partition coefficient (Wildman–Crippen LogP) is 4.07. The van der Waals surface area contributed by atoms with Gasteiger partial charge in [0.1, 0.15) is 6.04 Å². The molecule has 1 atom stereocenters. The molecule has 2 aromatic rings. The molecule has 2 aliphatic rings. The number of amides is 3. The first-order valence-electron chi connectivity index (χ1n) is 10.9. The Morgan fingerprint density at radius 2 is 1.48 bits per heavy atom. The number of imide groups is 1. The van der Waals surface area contributed by atoms with Gasteiger partial charge in [-0.3, -0.25) is 14.4 Å². The third-order valence-electron chi connectivity index (χ3n) is 7.55. The van der Waals surface area contributed by atoms with Crippen molar-refractivity contribution in [1.29, 1.82) is 0 Å². The molecule has 0 aromatic heterocycles. The van der Waals surface area contributed by atoms with Crippen LogP contribution in [0.5, 0.6) is 0 Å². The summed E-state index contributed by atoms with van der Waals surface area (Å²) in [5.74, 6) is -0.752. The third kappa shape index (κ3) is 3.56. The van der Waals surface area contributed by atoms with E-state index in [0.29, 0.717) is 18.7 Å². The smallest absolute Gasteiger partial charge is 0.257 e. The van der Waals surface area contributed by atoms with Crippen LogP contribution in [0.1, 0.15) is 39.7 Å². The second-order valence-corrected chi connectivity index (χ2v) is 9.77. The standard InChI is InChI=1S/C26H30N2O3/c1-25(2)22(26(25,3)4)24(31)27(16-15-18-11-7-5-8-12-18)20-17-21(29)28(23(20)30)19-13-9-6-10-14-19/h5-14,20,22H,15-17H2,1-4H3. The van der Waals surface area contributed by atoms with E-state index in [9.17, 15) is 14.4 Å². The van der Waals surface area contributed by atoms with E-state index < -0.39 is 6.04 Å². The van der Waals surface area contributed by atoms with Gasteiger partial charge in [0.2, 0.25) is 11.8 Å². The molecule has 0 spiro atoms. The van der Waals surface area contributed by atoms with Gasteiger partial charge in [-0.15, -0.1) is 0 Å². The number of rotatable bonds is 6. The lowest BCUT2D eigenvalue weighted by atomic mass is 10.0. The number of carbonyl (C=O) groups excluding carboxylic acids is 3. The highest BCUT2D eigenvalue weighted by atomic mass is 16.2. The van der Waals surface area contributed by atoms with Crippen molar-refractivity contribution in [3.05, 3.63) is 66.2 Å². The third-order valence-corrected chi connectivity index (χ3v) is 7.55. The molecule has 2 fully saturated rings. The highest BCUT2D eigenvalue weighted by molar-refractivity contribution is 6.23. The summed E-state index contributed by atoms with van der Waals surface area (Å²) in [5.41, 5.74) is 1.38. The minimum Gasteiger partial charge on any atom is -0.329 e. The first-order valence-corrected chi connectivity index (χ1v) is 10.9. The minimum atomic E-state index is -0.754. The summed E-state index contributed by atoms with van der Waals surface area (Å²) >= 11 is 0. The summed E-state index contributed by atoms with van der Waals surface area (Å²) in [7, 11) is 0. The maximum Gasteiger partial charge on any atom is 0.257 e. The number of carbonyl (C=O) groups is 3. The maximum atomic E-state index is 13.7. The van der Waals surface area contributed by atoms with E-state index in [1.54, 1.807) is 29.2 Å². The first-order chi connectivity index (χ1) is 14.7. The molecule has 5 heteroatoms. The quantitative estimate of drug-likeness (QED) is 0.665. The van der Waals surface area contributed by atoms with Crippen LogP contribution in [0.3, 0.4) is 0 Å². The molecular formula is C26H30N2O3. The fourth-order valence-corrected chi connectivity index (χ4v) is 5.00. The number of anilines is 1. The van der Waals surface area contributed by atoms with Gasteiger partial charge in [-0.1, -0.05) is 76.2 Å². The van der Waals surface area contributed by atoms with Crippen molar-refractivity contribution in [2.24, 2.45) is 16.7 Å². The van der Waals surface area contributed by atoms with Gasteiger partial charge < -0.3 is 4.90 Å². The van der Waals surface area contributed by atoms with E-state index in [4.69, 9.17) is 0 Å². The van der Waals surface area contributed by atoms with Gasteiger partial charge in [0.25, 0.3) is 5.91 Å². The van der Waals surface area contributed by atoms with Gasteiger partial charge in [-0.05, 0) is 34.9 Å². The molecule has 1 heterocycles. The molecule has 5 nitrogen and oxygen atoms in total. The highest BCUT2D eigenvalue weighted by Crippen LogP contribution is 2.69. The van der Waals surface area contributed by atoms with Crippen molar-refractivity contribution in [2.75, 3.05) is 11.4 Å². The van der Waals surface area contributed by atoms with Crippen molar-refractivity contribution in [1.82, 2.24) is 4.90 Å². The molecule has 1 unspecified atom stereocenters. The number of hydrogen-bond acceptors (Lipinski definition) is 3. The highest BCUT2D eigenvalue weighted by Gasteiger charge is 2.69. The number of para-hydroxylation sites is 1. The monoisotopic (exact) mass is 418 g/mol. The molecule has 0 N–H and O–H groups in total. The van der Waals surface area contributed by atoms with E-state index in [1.807, 2.05) is 36.4 Å². The zero-order chi connectivity index (χ0) is 22.4. The van der Waals surface area contributed by atoms with Crippen LogP contribution in [-0.2, 0) is 20.8 Å². The fraction of sp³-hybridized carbons (Fsp3) is 0.423. The minimum absolute atomic E-state index is 0.0213. The molecule has 1 saturated carbocycles. The number of nitrogens with zero attached hydrogens (tertiary/aromatic N) is 2. The molecule has 2 aromatic carbocycles. The summed E-state index contributed by atoms with van der Waals surface area (Å²) < 4.78 is 0. The first kappa shape index (κ1) is 21.3. The van der Waals surface area contributed by atoms with Crippen LogP contribution in [0.25, 0.3) is 0 Å². The van der Waals surface area contributed by atoms with E-state index >= 15 is 0 Å². The van der Waals surface area contributed by atoms with Crippen molar-refractivity contribution >= 4 is 23.4 Å². The maximum absolute atomic E-state index is 13.7. The van der Waals surface area contributed by atoms with E-state index in [2.05, 4.69) is 27.7 Å². The molecule has 1 aliphatic carbocycles. The lowest BCUT2D eigenvalue weighted by Gasteiger charge is -2.29. The molecule has 31 heavy (non-hydrogen) atoms. The van der Waals surface area contributed by atoms with Crippen molar-refractivity contribution in [2.45, 2.75) is 46.6 Å². The van der Waals surface area contributed by atoms with E-state index in [-0.39, 0.29) is 40.9 Å². The van der Waals surface area contributed by atoms with Gasteiger partial charge in [0, 0.05) is 12.5 Å².